The highest BCUT2D eigenvalue weighted by Crippen LogP contribution is 2.36. The molecule has 0 aromatic heterocycles. The number of anilines is 4. The molecule has 0 aliphatic carbocycles. The molecule has 0 fully saturated rings. The van der Waals surface area contributed by atoms with E-state index in [0.717, 1.165) is 16.7 Å². The van der Waals surface area contributed by atoms with Crippen molar-refractivity contribution >= 4 is 35.2 Å². The van der Waals surface area contributed by atoms with E-state index in [1.165, 1.54) is 0 Å². The van der Waals surface area contributed by atoms with Gasteiger partial charge in [-0.1, -0.05) is 12.1 Å². The summed E-state index contributed by atoms with van der Waals surface area (Å²) in [6.07, 6.45) is 0. The quantitative estimate of drug-likeness (QED) is 0.594. The van der Waals surface area contributed by atoms with Crippen molar-refractivity contribution < 1.29 is 0 Å². The van der Waals surface area contributed by atoms with E-state index < -0.39 is 0 Å². The number of halogens is 1. The van der Waals surface area contributed by atoms with Crippen LogP contribution in [0, 0.1) is 6.92 Å². The molecule has 2 aromatic rings. The van der Waals surface area contributed by atoms with Crippen molar-refractivity contribution in [2.45, 2.75) is 6.92 Å². The first-order valence-electron chi connectivity index (χ1n) is 5.30. The zero-order chi connectivity index (χ0) is 12.6. The summed E-state index contributed by atoms with van der Waals surface area (Å²) in [7, 11) is 0. The normalized spacial score (nSPS) is 9.83. The highest BCUT2D eigenvalue weighted by Gasteiger charge is 2.10. The van der Waals surface area contributed by atoms with E-state index in [9.17, 15) is 0 Å². The fraction of sp³-hybridized carbons (Fsp3) is 0.0769. The van der Waals surface area contributed by atoms with Crippen LogP contribution in [0.4, 0.5) is 22.7 Å². The first kappa shape index (κ1) is 14.0. The summed E-state index contributed by atoms with van der Waals surface area (Å²) in [6.45, 7) is 1.85. The molecular weight excluding hydrogens is 248 g/mol. The first-order valence-corrected chi connectivity index (χ1v) is 5.30. The van der Waals surface area contributed by atoms with Gasteiger partial charge in [-0.3, -0.25) is 0 Å². The summed E-state index contributed by atoms with van der Waals surface area (Å²) in [5.41, 5.74) is 28.5. The molecule has 0 saturated heterocycles. The Hall–Kier alpha value is -2.07. The topological polar surface area (TPSA) is 104 Å². The summed E-state index contributed by atoms with van der Waals surface area (Å²) in [4.78, 5) is 0. The average molecular weight is 265 g/mol. The van der Waals surface area contributed by atoms with Crippen LogP contribution in [-0.2, 0) is 0 Å². The van der Waals surface area contributed by atoms with Crippen LogP contribution >= 0.6 is 12.4 Å². The maximum absolute atomic E-state index is 6.01. The average Bonchev–Trinajstić information content (AvgIpc) is 2.31. The van der Waals surface area contributed by atoms with E-state index in [2.05, 4.69) is 0 Å². The molecule has 2 rings (SSSR count). The Labute approximate surface area is 112 Å². The molecule has 0 aliphatic rings. The molecule has 0 saturated carbocycles. The molecule has 0 spiro atoms. The Kier molecular flexibility index (Phi) is 3.93. The predicted octanol–water partition coefficient (Wildman–Crippen LogP) is 2.41. The lowest BCUT2D eigenvalue weighted by atomic mass is 9.98. The molecule has 4 nitrogen and oxygen atoms in total. The maximum Gasteiger partial charge on any atom is 0.0631 e. The predicted molar refractivity (Wildman–Crippen MR) is 81.5 cm³/mol. The van der Waals surface area contributed by atoms with Crippen molar-refractivity contribution in [3.63, 3.8) is 0 Å². The van der Waals surface area contributed by atoms with Crippen LogP contribution in [0.5, 0.6) is 0 Å². The Morgan fingerprint density at radius 3 is 2.17 bits per heavy atom. The van der Waals surface area contributed by atoms with Gasteiger partial charge in [-0.2, -0.15) is 0 Å². The summed E-state index contributed by atoms with van der Waals surface area (Å²) in [6, 6.07) is 9.29. The lowest BCUT2D eigenvalue weighted by molar-refractivity contribution is 1.46. The van der Waals surface area contributed by atoms with E-state index in [-0.39, 0.29) is 12.4 Å². The van der Waals surface area contributed by atoms with Crippen molar-refractivity contribution in [1.29, 1.82) is 0 Å². The Morgan fingerprint density at radius 2 is 1.56 bits per heavy atom. The summed E-state index contributed by atoms with van der Waals surface area (Å²) in [5, 5.41) is 0. The van der Waals surface area contributed by atoms with Crippen LogP contribution < -0.4 is 22.9 Å². The van der Waals surface area contributed by atoms with E-state index >= 15 is 0 Å². The molecule has 0 aliphatic heterocycles. The van der Waals surface area contributed by atoms with E-state index in [4.69, 9.17) is 22.9 Å². The van der Waals surface area contributed by atoms with Gasteiger partial charge in [0.15, 0.2) is 0 Å². The van der Waals surface area contributed by atoms with E-state index in [1.54, 1.807) is 0 Å². The minimum Gasteiger partial charge on any atom is -0.399 e. The Morgan fingerprint density at radius 1 is 0.889 bits per heavy atom. The molecule has 0 unspecified atom stereocenters. The number of nitrogens with two attached hydrogens (primary N) is 4. The zero-order valence-corrected chi connectivity index (χ0v) is 10.9. The molecule has 0 bridgehead atoms. The number of hydrogen-bond donors (Lipinski definition) is 4. The summed E-state index contributed by atoms with van der Waals surface area (Å²) in [5.74, 6) is 0. The lowest BCUT2D eigenvalue weighted by Gasteiger charge is -2.13. The number of benzene rings is 2. The van der Waals surface area contributed by atoms with Gasteiger partial charge in [0, 0.05) is 16.9 Å². The number of rotatable bonds is 1. The largest absolute Gasteiger partial charge is 0.399 e. The molecule has 96 valence electrons. The van der Waals surface area contributed by atoms with Gasteiger partial charge in [-0.05, 0) is 36.2 Å². The third-order valence-corrected chi connectivity index (χ3v) is 2.91. The fourth-order valence-corrected chi connectivity index (χ4v) is 1.79. The van der Waals surface area contributed by atoms with Crippen LogP contribution in [0.25, 0.3) is 11.1 Å². The van der Waals surface area contributed by atoms with Gasteiger partial charge in [0.05, 0.1) is 11.4 Å². The highest BCUT2D eigenvalue weighted by molar-refractivity contribution is 5.90. The van der Waals surface area contributed by atoms with Crippen LogP contribution in [-0.4, -0.2) is 0 Å². The monoisotopic (exact) mass is 264 g/mol. The van der Waals surface area contributed by atoms with Crippen LogP contribution in [0.1, 0.15) is 5.56 Å². The molecule has 8 N–H and O–H groups in total. The molecule has 2 aromatic carbocycles. The highest BCUT2D eigenvalue weighted by atomic mass is 35.5. The molecule has 0 radical (unpaired) electrons. The van der Waals surface area contributed by atoms with E-state index in [0.29, 0.717) is 22.7 Å². The molecule has 18 heavy (non-hydrogen) atoms. The molecule has 0 atom stereocenters. The van der Waals surface area contributed by atoms with Gasteiger partial charge in [0.25, 0.3) is 0 Å². The van der Waals surface area contributed by atoms with Crippen LogP contribution in [0.2, 0.25) is 0 Å². The number of hydrogen-bond acceptors (Lipinski definition) is 4. The van der Waals surface area contributed by atoms with Crippen molar-refractivity contribution in [2.75, 3.05) is 22.9 Å². The Balaban J connectivity index is 0.00000162. The van der Waals surface area contributed by atoms with Gasteiger partial charge in [0.1, 0.15) is 0 Å². The third kappa shape index (κ3) is 2.28. The molecular formula is C13H17ClN4. The molecule has 0 amide bonds. The second-order valence-corrected chi connectivity index (χ2v) is 4.09. The smallest absolute Gasteiger partial charge is 0.0631 e. The Bertz CT molecular complexity index is 581. The second-order valence-electron chi connectivity index (χ2n) is 4.09. The van der Waals surface area contributed by atoms with Gasteiger partial charge in [-0.25, -0.2) is 0 Å². The van der Waals surface area contributed by atoms with Crippen LogP contribution in [0.3, 0.4) is 0 Å². The van der Waals surface area contributed by atoms with Gasteiger partial charge < -0.3 is 22.9 Å². The standard InChI is InChI=1S/C13H16N4.ClH/c1-7-11(15)6-10(13(17)12(7)16)8-3-2-4-9(14)5-8;/h2-6H,14-17H2,1H3;1H. The second kappa shape index (κ2) is 5.06. The lowest BCUT2D eigenvalue weighted by Crippen LogP contribution is -2.03. The minimum atomic E-state index is 0. The zero-order valence-electron chi connectivity index (χ0n) is 10.1. The summed E-state index contributed by atoms with van der Waals surface area (Å²) < 4.78 is 0. The van der Waals surface area contributed by atoms with Crippen molar-refractivity contribution in [3.05, 3.63) is 35.9 Å². The molecule has 0 heterocycles. The van der Waals surface area contributed by atoms with Crippen molar-refractivity contribution in [2.24, 2.45) is 0 Å². The maximum atomic E-state index is 6.01. The fourth-order valence-electron chi connectivity index (χ4n) is 1.79. The van der Waals surface area contributed by atoms with Gasteiger partial charge >= 0.3 is 0 Å². The van der Waals surface area contributed by atoms with Crippen molar-refractivity contribution in [3.8, 4) is 11.1 Å². The first-order chi connectivity index (χ1) is 8.00. The van der Waals surface area contributed by atoms with Crippen molar-refractivity contribution in [1.82, 2.24) is 0 Å². The summed E-state index contributed by atoms with van der Waals surface area (Å²) >= 11 is 0. The van der Waals surface area contributed by atoms with E-state index in [1.807, 2.05) is 37.3 Å². The SMILES string of the molecule is Cc1c(N)cc(-c2cccc(N)c2)c(N)c1N.Cl. The van der Waals surface area contributed by atoms with Crippen LogP contribution in [0.15, 0.2) is 30.3 Å². The van der Waals surface area contributed by atoms with Gasteiger partial charge in [0.2, 0.25) is 0 Å². The minimum absolute atomic E-state index is 0. The third-order valence-electron chi connectivity index (χ3n) is 2.91. The molecule has 5 heteroatoms. The number of nitrogen functional groups attached to an aromatic ring is 4. The van der Waals surface area contributed by atoms with Gasteiger partial charge in [-0.15, -0.1) is 12.4 Å².